The molecule has 0 radical (unpaired) electrons. The van der Waals surface area contributed by atoms with Gasteiger partial charge in [-0.1, -0.05) is 16.8 Å². The lowest BCUT2D eigenvalue weighted by Gasteiger charge is -2.16. The second-order valence-electron chi connectivity index (χ2n) is 4.69. The average molecular weight is 284 g/mol. The largest absolute Gasteiger partial charge is 0.492 e. The van der Waals surface area contributed by atoms with E-state index in [1.807, 2.05) is 0 Å². The van der Waals surface area contributed by atoms with Crippen molar-refractivity contribution in [3.05, 3.63) is 28.8 Å². The number of ether oxygens (including phenoxy) is 1. The molecule has 1 aromatic rings. The van der Waals surface area contributed by atoms with Gasteiger partial charge in [0.25, 0.3) is 0 Å². The first-order valence-corrected chi connectivity index (χ1v) is 6.60. The first-order valence-electron chi connectivity index (χ1n) is 6.22. The van der Waals surface area contributed by atoms with Gasteiger partial charge in [-0.15, -0.1) is 0 Å². The number of rotatable bonds is 6. The van der Waals surface area contributed by atoms with Crippen LogP contribution < -0.4 is 10.5 Å². The number of halogens is 1. The van der Waals surface area contributed by atoms with E-state index in [-0.39, 0.29) is 5.84 Å². The summed E-state index contributed by atoms with van der Waals surface area (Å²) in [6, 6.07) is 5.84. The van der Waals surface area contributed by atoms with E-state index in [0.717, 1.165) is 12.6 Å². The molecule has 1 aliphatic rings. The zero-order chi connectivity index (χ0) is 13.8. The Bertz CT molecular complexity index is 475. The molecule has 0 heterocycles. The van der Waals surface area contributed by atoms with Gasteiger partial charge in [-0.3, -0.25) is 0 Å². The number of oxime groups is 1. The van der Waals surface area contributed by atoms with Gasteiger partial charge >= 0.3 is 0 Å². The molecule has 0 saturated heterocycles. The second-order valence-corrected chi connectivity index (χ2v) is 5.09. The summed E-state index contributed by atoms with van der Waals surface area (Å²) in [6.45, 7) is 1.51. The van der Waals surface area contributed by atoms with Crippen LogP contribution in [0.2, 0.25) is 5.02 Å². The molecule has 0 aromatic heterocycles. The molecular formula is C13H18ClN3O2. The first kappa shape index (κ1) is 14.0. The van der Waals surface area contributed by atoms with Crippen molar-refractivity contribution in [2.45, 2.75) is 18.9 Å². The molecule has 0 spiro atoms. The molecule has 6 heteroatoms. The van der Waals surface area contributed by atoms with Crippen LogP contribution in [0.3, 0.4) is 0 Å². The fourth-order valence-electron chi connectivity index (χ4n) is 1.85. The Labute approximate surface area is 117 Å². The lowest BCUT2D eigenvalue weighted by Crippen LogP contribution is -2.26. The Kier molecular flexibility index (Phi) is 4.50. The van der Waals surface area contributed by atoms with Crippen molar-refractivity contribution in [2.24, 2.45) is 10.9 Å². The molecule has 1 saturated carbocycles. The number of nitrogens with zero attached hydrogens (tertiary/aromatic N) is 2. The Morgan fingerprint density at radius 2 is 2.32 bits per heavy atom. The quantitative estimate of drug-likeness (QED) is 0.362. The summed E-state index contributed by atoms with van der Waals surface area (Å²) in [7, 11) is 2.11. The van der Waals surface area contributed by atoms with E-state index in [2.05, 4.69) is 17.1 Å². The van der Waals surface area contributed by atoms with Crippen LogP contribution >= 0.6 is 11.6 Å². The Balaban J connectivity index is 1.88. The molecular weight excluding hydrogens is 266 g/mol. The number of hydrogen-bond acceptors (Lipinski definition) is 4. The molecule has 0 amide bonds. The highest BCUT2D eigenvalue weighted by atomic mass is 35.5. The standard InChI is InChI=1S/C13H18ClN3O2/c1-17(9-2-3-9)6-7-19-10-4-5-11(12(14)8-10)13(15)16-18/h4-5,8-9,18H,2-3,6-7H2,1H3,(H2,15,16). The summed E-state index contributed by atoms with van der Waals surface area (Å²) >= 11 is 6.04. The molecule has 19 heavy (non-hydrogen) atoms. The Morgan fingerprint density at radius 3 is 2.89 bits per heavy atom. The molecule has 0 aliphatic heterocycles. The van der Waals surface area contributed by atoms with E-state index < -0.39 is 0 Å². The number of amidine groups is 1. The van der Waals surface area contributed by atoms with Crippen molar-refractivity contribution < 1.29 is 9.94 Å². The molecule has 1 aromatic carbocycles. The number of likely N-dealkylation sites (N-methyl/N-ethyl adjacent to an activating group) is 1. The molecule has 2 rings (SSSR count). The third kappa shape index (κ3) is 3.75. The maximum atomic E-state index is 8.61. The highest BCUT2D eigenvalue weighted by molar-refractivity contribution is 6.34. The van der Waals surface area contributed by atoms with Crippen molar-refractivity contribution in [1.82, 2.24) is 4.90 Å². The van der Waals surface area contributed by atoms with Gasteiger partial charge in [0.1, 0.15) is 12.4 Å². The minimum Gasteiger partial charge on any atom is -0.492 e. The summed E-state index contributed by atoms with van der Waals surface area (Å²) < 4.78 is 5.63. The minimum absolute atomic E-state index is 0.00924. The van der Waals surface area contributed by atoms with E-state index in [0.29, 0.717) is 22.9 Å². The highest BCUT2D eigenvalue weighted by Gasteiger charge is 2.25. The van der Waals surface area contributed by atoms with Gasteiger partial charge in [-0.25, -0.2) is 0 Å². The van der Waals surface area contributed by atoms with Gasteiger partial charge in [-0.05, 0) is 38.1 Å². The van der Waals surface area contributed by atoms with Crippen LogP contribution in [0.5, 0.6) is 5.75 Å². The van der Waals surface area contributed by atoms with Crippen molar-refractivity contribution in [2.75, 3.05) is 20.2 Å². The van der Waals surface area contributed by atoms with Gasteiger partial charge in [0, 0.05) is 18.2 Å². The van der Waals surface area contributed by atoms with E-state index >= 15 is 0 Å². The SMILES string of the molecule is CN(CCOc1ccc(/C(N)=N/O)c(Cl)c1)C1CC1. The molecule has 1 aliphatic carbocycles. The van der Waals surface area contributed by atoms with E-state index in [4.69, 9.17) is 27.3 Å². The van der Waals surface area contributed by atoms with Crippen molar-refractivity contribution in [1.29, 1.82) is 0 Å². The van der Waals surface area contributed by atoms with E-state index in [1.54, 1.807) is 18.2 Å². The second kappa shape index (κ2) is 6.12. The maximum Gasteiger partial charge on any atom is 0.171 e. The van der Waals surface area contributed by atoms with Crippen molar-refractivity contribution in [3.8, 4) is 5.75 Å². The van der Waals surface area contributed by atoms with E-state index in [9.17, 15) is 0 Å². The van der Waals surface area contributed by atoms with Gasteiger partial charge in [0.15, 0.2) is 5.84 Å². The summed E-state index contributed by atoms with van der Waals surface area (Å²) in [5, 5.41) is 11.9. The zero-order valence-electron chi connectivity index (χ0n) is 10.8. The molecule has 0 unspecified atom stereocenters. The van der Waals surface area contributed by atoms with Gasteiger partial charge in [-0.2, -0.15) is 0 Å². The molecule has 104 valence electrons. The Hall–Kier alpha value is -1.46. The molecule has 5 nitrogen and oxygen atoms in total. The molecule has 1 fully saturated rings. The van der Waals surface area contributed by atoms with Gasteiger partial charge in [0.05, 0.1) is 5.02 Å². The summed E-state index contributed by atoms with van der Waals surface area (Å²) in [5.41, 5.74) is 5.99. The normalized spacial score (nSPS) is 15.8. The van der Waals surface area contributed by atoms with Crippen LogP contribution in [0.4, 0.5) is 0 Å². The Morgan fingerprint density at radius 1 is 1.58 bits per heavy atom. The highest BCUT2D eigenvalue weighted by Crippen LogP contribution is 2.25. The number of benzene rings is 1. The zero-order valence-corrected chi connectivity index (χ0v) is 11.6. The number of hydrogen-bond donors (Lipinski definition) is 2. The third-order valence-corrected chi connectivity index (χ3v) is 3.52. The van der Waals surface area contributed by atoms with Crippen LogP contribution in [0.15, 0.2) is 23.4 Å². The molecule has 0 bridgehead atoms. The van der Waals surface area contributed by atoms with Crippen molar-refractivity contribution >= 4 is 17.4 Å². The fraction of sp³-hybridized carbons (Fsp3) is 0.462. The summed E-state index contributed by atoms with van der Waals surface area (Å²) in [4.78, 5) is 2.30. The predicted octanol–water partition coefficient (Wildman–Crippen LogP) is 1.91. The fourth-order valence-corrected chi connectivity index (χ4v) is 2.12. The minimum atomic E-state index is -0.00924. The predicted molar refractivity (Wildman–Crippen MR) is 75.1 cm³/mol. The van der Waals surface area contributed by atoms with Crippen LogP contribution in [-0.4, -0.2) is 42.2 Å². The monoisotopic (exact) mass is 283 g/mol. The van der Waals surface area contributed by atoms with Crippen molar-refractivity contribution in [3.63, 3.8) is 0 Å². The number of nitrogens with two attached hydrogens (primary N) is 1. The maximum absolute atomic E-state index is 8.61. The van der Waals surface area contributed by atoms with Crippen LogP contribution in [-0.2, 0) is 0 Å². The first-order chi connectivity index (χ1) is 9.11. The third-order valence-electron chi connectivity index (χ3n) is 3.21. The summed E-state index contributed by atoms with van der Waals surface area (Å²) in [5.74, 6) is 0.675. The van der Waals surface area contributed by atoms with Crippen LogP contribution in [0.25, 0.3) is 0 Å². The lowest BCUT2D eigenvalue weighted by molar-refractivity contribution is 0.232. The van der Waals surface area contributed by atoms with Crippen LogP contribution in [0.1, 0.15) is 18.4 Å². The smallest absolute Gasteiger partial charge is 0.171 e. The van der Waals surface area contributed by atoms with Crippen LogP contribution in [0, 0.1) is 0 Å². The lowest BCUT2D eigenvalue weighted by atomic mass is 10.2. The molecule has 3 N–H and O–H groups in total. The molecule has 0 atom stereocenters. The van der Waals surface area contributed by atoms with E-state index in [1.165, 1.54) is 12.8 Å². The van der Waals surface area contributed by atoms with Gasteiger partial charge in [0.2, 0.25) is 0 Å². The summed E-state index contributed by atoms with van der Waals surface area (Å²) in [6.07, 6.45) is 2.58. The van der Waals surface area contributed by atoms with Gasteiger partial charge < -0.3 is 20.6 Å². The topological polar surface area (TPSA) is 71.1 Å². The average Bonchev–Trinajstić information content (AvgIpc) is 3.22.